The van der Waals surface area contributed by atoms with E-state index in [1.54, 1.807) is 7.11 Å². The maximum Gasteiger partial charge on any atom is 0.121 e. The van der Waals surface area contributed by atoms with Gasteiger partial charge in [-0.2, -0.15) is 5.10 Å². The highest BCUT2D eigenvalue weighted by Gasteiger charge is 2.09. The van der Waals surface area contributed by atoms with Gasteiger partial charge in [0.05, 0.1) is 24.9 Å². The number of aryl methyl sites for hydroxylation is 1. The second-order valence-electron chi connectivity index (χ2n) is 4.13. The first-order valence-electron chi connectivity index (χ1n) is 5.38. The van der Waals surface area contributed by atoms with Gasteiger partial charge in [-0.25, -0.2) is 0 Å². The monoisotopic (exact) mass is 219 g/mol. The second-order valence-corrected chi connectivity index (χ2v) is 4.13. The van der Waals surface area contributed by atoms with Crippen molar-refractivity contribution in [2.75, 3.05) is 7.11 Å². The quantitative estimate of drug-likeness (QED) is 0.854. The number of benzene rings is 1. The van der Waals surface area contributed by atoms with Crippen molar-refractivity contribution in [3.05, 3.63) is 23.9 Å². The van der Waals surface area contributed by atoms with Crippen LogP contribution in [0.25, 0.3) is 10.9 Å². The minimum absolute atomic E-state index is 0.0914. The third kappa shape index (κ3) is 1.88. The largest absolute Gasteiger partial charge is 0.497 e. The zero-order chi connectivity index (χ0) is 11.7. The highest BCUT2D eigenvalue weighted by atomic mass is 16.5. The molecule has 1 aromatic heterocycles. The number of rotatable bonds is 3. The van der Waals surface area contributed by atoms with E-state index in [1.165, 1.54) is 0 Å². The van der Waals surface area contributed by atoms with Gasteiger partial charge in [0.15, 0.2) is 0 Å². The van der Waals surface area contributed by atoms with Crippen LogP contribution in [0.5, 0.6) is 5.75 Å². The maximum atomic E-state index is 5.80. The molecule has 1 heterocycles. The minimum Gasteiger partial charge on any atom is -0.497 e. The maximum absolute atomic E-state index is 5.80. The Morgan fingerprint density at radius 3 is 2.88 bits per heavy atom. The molecule has 2 N–H and O–H groups in total. The molecule has 4 nitrogen and oxygen atoms in total. The van der Waals surface area contributed by atoms with Crippen molar-refractivity contribution in [3.63, 3.8) is 0 Å². The number of hydrogen-bond acceptors (Lipinski definition) is 3. The summed E-state index contributed by atoms with van der Waals surface area (Å²) in [4.78, 5) is 0. The van der Waals surface area contributed by atoms with E-state index >= 15 is 0 Å². The summed E-state index contributed by atoms with van der Waals surface area (Å²) in [5.74, 6) is 0.846. The first-order chi connectivity index (χ1) is 7.61. The smallest absolute Gasteiger partial charge is 0.121 e. The Morgan fingerprint density at radius 2 is 2.25 bits per heavy atom. The lowest BCUT2D eigenvalue weighted by molar-refractivity contribution is 0.415. The predicted molar refractivity (Wildman–Crippen MR) is 64.7 cm³/mol. The zero-order valence-electron chi connectivity index (χ0n) is 9.90. The molecular formula is C12H17N3O. The third-order valence-corrected chi connectivity index (χ3v) is 2.60. The number of hydrogen-bond donors (Lipinski definition) is 1. The van der Waals surface area contributed by atoms with Gasteiger partial charge in [0.25, 0.3) is 0 Å². The molecule has 0 radical (unpaired) electrons. The molecule has 0 fully saturated rings. The molecule has 0 aliphatic carbocycles. The van der Waals surface area contributed by atoms with Gasteiger partial charge < -0.3 is 10.5 Å². The van der Waals surface area contributed by atoms with E-state index in [-0.39, 0.29) is 6.04 Å². The molecule has 1 aromatic carbocycles. The molecule has 2 aromatic rings. The Balaban J connectivity index is 2.56. The van der Waals surface area contributed by atoms with Crippen LogP contribution in [-0.2, 0) is 6.54 Å². The Hall–Kier alpha value is -1.55. The van der Waals surface area contributed by atoms with Gasteiger partial charge in [-0.05, 0) is 26.0 Å². The molecule has 0 saturated heterocycles. The summed E-state index contributed by atoms with van der Waals surface area (Å²) < 4.78 is 7.16. The summed E-state index contributed by atoms with van der Waals surface area (Å²) in [6, 6.07) is 6.08. The summed E-state index contributed by atoms with van der Waals surface area (Å²) in [6.07, 6.45) is 0. The Kier molecular flexibility index (Phi) is 2.83. The fourth-order valence-electron chi connectivity index (χ4n) is 1.86. The molecule has 0 aliphatic rings. The second kappa shape index (κ2) is 4.14. The molecule has 1 atom stereocenters. The standard InChI is InChI=1S/C12H17N3O/c1-8(13)7-15-12-6-10(16-3)4-5-11(12)9(2)14-15/h4-6,8H,7,13H2,1-3H3/t8-/m0/s1. The van der Waals surface area contributed by atoms with Crippen molar-refractivity contribution < 1.29 is 4.74 Å². The lowest BCUT2D eigenvalue weighted by Gasteiger charge is -2.07. The van der Waals surface area contributed by atoms with Crippen LogP contribution in [0, 0.1) is 6.92 Å². The highest BCUT2D eigenvalue weighted by Crippen LogP contribution is 2.23. The molecule has 16 heavy (non-hydrogen) atoms. The van der Waals surface area contributed by atoms with E-state index < -0.39 is 0 Å². The van der Waals surface area contributed by atoms with Crippen molar-refractivity contribution in [3.8, 4) is 5.75 Å². The van der Waals surface area contributed by atoms with Crippen LogP contribution in [0.3, 0.4) is 0 Å². The highest BCUT2D eigenvalue weighted by molar-refractivity contribution is 5.83. The molecular weight excluding hydrogens is 202 g/mol. The summed E-state index contributed by atoms with van der Waals surface area (Å²) in [6.45, 7) is 4.70. The van der Waals surface area contributed by atoms with Crippen LogP contribution in [-0.4, -0.2) is 22.9 Å². The van der Waals surface area contributed by atoms with Crippen molar-refractivity contribution in [2.24, 2.45) is 5.73 Å². The molecule has 0 saturated carbocycles. The van der Waals surface area contributed by atoms with E-state index in [9.17, 15) is 0 Å². The van der Waals surface area contributed by atoms with E-state index in [2.05, 4.69) is 5.10 Å². The van der Waals surface area contributed by atoms with Crippen LogP contribution in [0.15, 0.2) is 18.2 Å². The fraction of sp³-hybridized carbons (Fsp3) is 0.417. The predicted octanol–water partition coefficient (Wildman–Crippen LogP) is 1.70. The normalized spacial score (nSPS) is 13.0. The fourth-order valence-corrected chi connectivity index (χ4v) is 1.86. The molecule has 0 aliphatic heterocycles. The molecule has 86 valence electrons. The van der Waals surface area contributed by atoms with Gasteiger partial charge in [-0.15, -0.1) is 0 Å². The summed E-state index contributed by atoms with van der Waals surface area (Å²) >= 11 is 0. The first-order valence-corrected chi connectivity index (χ1v) is 5.38. The summed E-state index contributed by atoms with van der Waals surface area (Å²) in [5.41, 5.74) is 7.91. The Labute approximate surface area is 95.0 Å². The van der Waals surface area contributed by atoms with Crippen LogP contribution >= 0.6 is 0 Å². The first kappa shape index (κ1) is 11.0. The molecule has 0 bridgehead atoms. The molecule has 4 heteroatoms. The summed E-state index contributed by atoms with van der Waals surface area (Å²) in [7, 11) is 1.67. The topological polar surface area (TPSA) is 53.1 Å². The molecule has 0 amide bonds. The SMILES string of the molecule is COc1ccc2c(C)nn(C[C@H](C)N)c2c1. The Morgan fingerprint density at radius 1 is 1.50 bits per heavy atom. The van der Waals surface area contributed by atoms with Crippen molar-refractivity contribution in [1.82, 2.24) is 9.78 Å². The number of ether oxygens (including phenoxy) is 1. The number of methoxy groups -OCH3 is 1. The van der Waals surface area contributed by atoms with E-state index in [1.807, 2.05) is 36.7 Å². The molecule has 0 spiro atoms. The average Bonchev–Trinajstić information content (AvgIpc) is 2.54. The molecule has 2 rings (SSSR count). The number of nitrogens with two attached hydrogens (primary N) is 1. The van der Waals surface area contributed by atoms with Crippen molar-refractivity contribution >= 4 is 10.9 Å². The summed E-state index contributed by atoms with van der Waals surface area (Å²) in [5, 5.41) is 5.64. The van der Waals surface area contributed by atoms with E-state index in [0.29, 0.717) is 0 Å². The average molecular weight is 219 g/mol. The molecule has 0 unspecified atom stereocenters. The van der Waals surface area contributed by atoms with Gasteiger partial charge in [0, 0.05) is 17.5 Å². The van der Waals surface area contributed by atoms with Crippen LogP contribution < -0.4 is 10.5 Å². The van der Waals surface area contributed by atoms with E-state index in [0.717, 1.165) is 28.9 Å². The number of fused-ring (bicyclic) bond motifs is 1. The zero-order valence-corrected chi connectivity index (χ0v) is 9.90. The van der Waals surface area contributed by atoms with Gasteiger partial charge >= 0.3 is 0 Å². The Bertz CT molecular complexity index is 502. The lowest BCUT2D eigenvalue weighted by atomic mass is 10.2. The van der Waals surface area contributed by atoms with Gasteiger partial charge in [0.1, 0.15) is 5.75 Å². The van der Waals surface area contributed by atoms with Crippen LogP contribution in [0.2, 0.25) is 0 Å². The minimum atomic E-state index is 0.0914. The van der Waals surface area contributed by atoms with Crippen molar-refractivity contribution in [1.29, 1.82) is 0 Å². The lowest BCUT2D eigenvalue weighted by Crippen LogP contribution is -2.22. The third-order valence-electron chi connectivity index (χ3n) is 2.60. The van der Waals surface area contributed by atoms with Crippen LogP contribution in [0.1, 0.15) is 12.6 Å². The van der Waals surface area contributed by atoms with Crippen molar-refractivity contribution in [2.45, 2.75) is 26.4 Å². The van der Waals surface area contributed by atoms with Gasteiger partial charge in [-0.3, -0.25) is 4.68 Å². The van der Waals surface area contributed by atoms with Crippen LogP contribution in [0.4, 0.5) is 0 Å². The number of aromatic nitrogens is 2. The van der Waals surface area contributed by atoms with Gasteiger partial charge in [-0.1, -0.05) is 0 Å². The number of nitrogens with zero attached hydrogens (tertiary/aromatic N) is 2. The van der Waals surface area contributed by atoms with E-state index in [4.69, 9.17) is 10.5 Å². The van der Waals surface area contributed by atoms with Gasteiger partial charge in [0.2, 0.25) is 0 Å².